The average Bonchev–Trinajstić information content (AvgIpc) is 2.46. The zero-order valence-corrected chi connectivity index (χ0v) is 11.3. The van der Waals surface area contributed by atoms with Gasteiger partial charge in [-0.15, -0.1) is 0 Å². The second kappa shape index (κ2) is 5.02. The first-order valence-electron chi connectivity index (χ1n) is 6.11. The number of para-hydroxylation sites is 1. The monoisotopic (exact) mass is 275 g/mol. The fraction of sp³-hybridized carbons (Fsp3) is 0.200. The van der Waals surface area contributed by atoms with E-state index >= 15 is 0 Å². The summed E-state index contributed by atoms with van der Waals surface area (Å²) in [5, 5.41) is 4.02. The van der Waals surface area contributed by atoms with Crippen molar-refractivity contribution in [1.82, 2.24) is 0 Å². The smallest absolute Gasteiger partial charge is 0.145 e. The number of hydrogen-bond acceptors (Lipinski definition) is 3. The number of benzene rings is 2. The number of rotatable bonds is 2. The van der Waals surface area contributed by atoms with E-state index in [0.29, 0.717) is 11.6 Å². The largest absolute Gasteiger partial charge is 0.496 e. The number of nitrogens with one attached hydrogen (secondary N) is 1. The van der Waals surface area contributed by atoms with Crippen molar-refractivity contribution in [2.24, 2.45) is 0 Å². The van der Waals surface area contributed by atoms with Crippen LogP contribution in [0.1, 0.15) is 11.7 Å². The third kappa shape index (κ3) is 2.34. The summed E-state index contributed by atoms with van der Waals surface area (Å²) in [6.07, 6.45) is -0.0814. The molecular formula is C15H14ClNO2. The third-order valence-corrected chi connectivity index (χ3v) is 3.41. The minimum Gasteiger partial charge on any atom is -0.496 e. The van der Waals surface area contributed by atoms with Crippen LogP contribution in [0.4, 0.5) is 5.69 Å². The number of fused-ring (bicyclic) bond motifs is 1. The van der Waals surface area contributed by atoms with Gasteiger partial charge in [0.25, 0.3) is 0 Å². The lowest BCUT2D eigenvalue weighted by Crippen LogP contribution is -2.23. The van der Waals surface area contributed by atoms with Crippen LogP contribution in [0.2, 0.25) is 5.02 Å². The molecule has 0 aliphatic carbocycles. The summed E-state index contributed by atoms with van der Waals surface area (Å²) in [6.45, 7) is 0.703. The molecule has 0 radical (unpaired) electrons. The molecule has 1 unspecified atom stereocenters. The van der Waals surface area contributed by atoms with Crippen molar-refractivity contribution >= 4 is 17.3 Å². The molecule has 0 bridgehead atoms. The second-order valence-corrected chi connectivity index (χ2v) is 4.81. The van der Waals surface area contributed by atoms with Crippen LogP contribution in [0.5, 0.6) is 11.5 Å². The lowest BCUT2D eigenvalue weighted by Gasteiger charge is -2.28. The summed E-state index contributed by atoms with van der Waals surface area (Å²) in [7, 11) is 1.67. The van der Waals surface area contributed by atoms with Crippen LogP contribution >= 0.6 is 11.6 Å². The maximum atomic E-state index is 6.01. The maximum Gasteiger partial charge on any atom is 0.145 e. The molecule has 0 saturated carbocycles. The fourth-order valence-electron chi connectivity index (χ4n) is 2.24. The zero-order valence-electron chi connectivity index (χ0n) is 10.5. The van der Waals surface area contributed by atoms with Gasteiger partial charge in [0, 0.05) is 16.7 Å². The van der Waals surface area contributed by atoms with Crippen LogP contribution in [0, 0.1) is 0 Å². The molecule has 0 spiro atoms. The Morgan fingerprint density at radius 3 is 2.95 bits per heavy atom. The van der Waals surface area contributed by atoms with Crippen LogP contribution in [0.3, 0.4) is 0 Å². The van der Waals surface area contributed by atoms with Crippen molar-refractivity contribution in [3.05, 3.63) is 53.1 Å². The molecular weight excluding hydrogens is 262 g/mol. The first kappa shape index (κ1) is 12.2. The highest BCUT2D eigenvalue weighted by atomic mass is 35.5. The highest BCUT2D eigenvalue weighted by molar-refractivity contribution is 6.30. The first-order chi connectivity index (χ1) is 9.28. The normalized spacial score (nSPS) is 17.1. The summed E-state index contributed by atoms with van der Waals surface area (Å²) in [5.41, 5.74) is 2.00. The van der Waals surface area contributed by atoms with Gasteiger partial charge < -0.3 is 14.8 Å². The predicted octanol–water partition coefficient (Wildman–Crippen LogP) is 3.89. The Balaban J connectivity index is 1.93. The Morgan fingerprint density at radius 2 is 2.11 bits per heavy atom. The molecule has 2 aromatic rings. The van der Waals surface area contributed by atoms with Crippen molar-refractivity contribution < 1.29 is 9.47 Å². The third-order valence-electron chi connectivity index (χ3n) is 3.18. The summed E-state index contributed by atoms with van der Waals surface area (Å²) >= 11 is 6.00. The van der Waals surface area contributed by atoms with Crippen LogP contribution < -0.4 is 14.8 Å². The fourth-order valence-corrected chi connectivity index (χ4v) is 2.41. The number of hydrogen-bond donors (Lipinski definition) is 1. The SMILES string of the molecule is COc1ccccc1C1CNc2ccc(Cl)cc2O1. The summed E-state index contributed by atoms with van der Waals surface area (Å²) in [5.74, 6) is 1.61. The molecule has 1 heterocycles. The Bertz CT molecular complexity index is 600. The van der Waals surface area contributed by atoms with Gasteiger partial charge in [-0.1, -0.05) is 29.8 Å². The molecule has 0 fully saturated rings. The van der Waals surface area contributed by atoms with Crippen LogP contribution in [0.25, 0.3) is 0 Å². The topological polar surface area (TPSA) is 30.5 Å². The van der Waals surface area contributed by atoms with E-state index in [0.717, 1.165) is 22.7 Å². The van der Waals surface area contributed by atoms with E-state index in [1.807, 2.05) is 42.5 Å². The van der Waals surface area contributed by atoms with Crippen molar-refractivity contribution in [2.45, 2.75) is 6.10 Å². The average molecular weight is 276 g/mol. The molecule has 1 atom stereocenters. The highest BCUT2D eigenvalue weighted by Gasteiger charge is 2.23. The lowest BCUT2D eigenvalue weighted by molar-refractivity contribution is 0.205. The van der Waals surface area contributed by atoms with E-state index in [2.05, 4.69) is 5.32 Å². The van der Waals surface area contributed by atoms with E-state index in [4.69, 9.17) is 21.1 Å². The lowest BCUT2D eigenvalue weighted by atomic mass is 10.1. The molecule has 4 heteroatoms. The van der Waals surface area contributed by atoms with Gasteiger partial charge in [0.2, 0.25) is 0 Å². The molecule has 0 saturated heterocycles. The molecule has 1 aliphatic rings. The van der Waals surface area contributed by atoms with Crippen molar-refractivity contribution in [1.29, 1.82) is 0 Å². The van der Waals surface area contributed by atoms with E-state index in [9.17, 15) is 0 Å². The maximum absolute atomic E-state index is 6.01. The molecule has 3 nitrogen and oxygen atoms in total. The van der Waals surface area contributed by atoms with Gasteiger partial charge >= 0.3 is 0 Å². The van der Waals surface area contributed by atoms with Gasteiger partial charge in [0.05, 0.1) is 19.3 Å². The molecule has 0 amide bonds. The molecule has 0 aromatic heterocycles. The van der Waals surface area contributed by atoms with Gasteiger partial charge in [-0.25, -0.2) is 0 Å². The predicted molar refractivity (Wildman–Crippen MR) is 76.3 cm³/mol. The van der Waals surface area contributed by atoms with Crippen LogP contribution in [-0.4, -0.2) is 13.7 Å². The number of anilines is 1. The van der Waals surface area contributed by atoms with Gasteiger partial charge in [-0.3, -0.25) is 0 Å². The Hall–Kier alpha value is -1.87. The molecule has 1 aliphatic heterocycles. The molecule has 19 heavy (non-hydrogen) atoms. The number of methoxy groups -OCH3 is 1. The van der Waals surface area contributed by atoms with Gasteiger partial charge in [-0.2, -0.15) is 0 Å². The number of ether oxygens (including phenoxy) is 2. The Labute approximate surface area is 117 Å². The standard InChI is InChI=1S/C15H14ClNO2/c1-18-13-5-3-2-4-11(13)15-9-17-12-7-6-10(16)8-14(12)19-15/h2-8,15,17H,9H2,1H3. The Kier molecular flexibility index (Phi) is 3.22. The van der Waals surface area contributed by atoms with E-state index in [1.165, 1.54) is 0 Å². The molecule has 3 rings (SSSR count). The molecule has 2 aromatic carbocycles. The second-order valence-electron chi connectivity index (χ2n) is 4.37. The highest BCUT2D eigenvalue weighted by Crippen LogP contribution is 2.38. The minimum atomic E-state index is -0.0814. The van der Waals surface area contributed by atoms with Crippen molar-refractivity contribution in [2.75, 3.05) is 19.0 Å². The zero-order chi connectivity index (χ0) is 13.2. The van der Waals surface area contributed by atoms with Gasteiger partial charge in [-0.05, 0) is 18.2 Å². The van der Waals surface area contributed by atoms with E-state index in [-0.39, 0.29) is 6.10 Å². The summed E-state index contributed by atoms with van der Waals surface area (Å²) < 4.78 is 11.4. The minimum absolute atomic E-state index is 0.0814. The van der Waals surface area contributed by atoms with Gasteiger partial charge in [0.15, 0.2) is 0 Å². The van der Waals surface area contributed by atoms with Gasteiger partial charge in [0.1, 0.15) is 17.6 Å². The molecule has 98 valence electrons. The Morgan fingerprint density at radius 1 is 1.26 bits per heavy atom. The first-order valence-corrected chi connectivity index (χ1v) is 6.49. The van der Waals surface area contributed by atoms with Crippen LogP contribution in [0.15, 0.2) is 42.5 Å². The van der Waals surface area contributed by atoms with Crippen molar-refractivity contribution in [3.63, 3.8) is 0 Å². The quantitative estimate of drug-likeness (QED) is 0.902. The van der Waals surface area contributed by atoms with E-state index in [1.54, 1.807) is 7.11 Å². The summed E-state index contributed by atoms with van der Waals surface area (Å²) in [6, 6.07) is 13.5. The van der Waals surface area contributed by atoms with Crippen molar-refractivity contribution in [3.8, 4) is 11.5 Å². The summed E-state index contributed by atoms with van der Waals surface area (Å²) in [4.78, 5) is 0. The molecule has 1 N–H and O–H groups in total. The van der Waals surface area contributed by atoms with Crippen LogP contribution in [-0.2, 0) is 0 Å². The number of halogens is 1. The van der Waals surface area contributed by atoms with E-state index < -0.39 is 0 Å².